The zero-order valence-corrected chi connectivity index (χ0v) is 27.3. The van der Waals surface area contributed by atoms with Crippen LogP contribution < -0.4 is 18.9 Å². The summed E-state index contributed by atoms with van der Waals surface area (Å²) in [7, 11) is 0. The van der Waals surface area contributed by atoms with Gasteiger partial charge in [-0.15, -0.1) is 0 Å². The monoisotopic (exact) mass is 642 g/mol. The fourth-order valence-electron chi connectivity index (χ4n) is 6.50. The summed E-state index contributed by atoms with van der Waals surface area (Å²) in [4.78, 5) is 0. The second-order valence-electron chi connectivity index (χ2n) is 12.2. The van der Waals surface area contributed by atoms with E-state index < -0.39 is 0 Å². The van der Waals surface area contributed by atoms with Gasteiger partial charge in [0.1, 0.15) is 37.9 Å². The van der Waals surface area contributed by atoms with E-state index in [1.54, 1.807) is 0 Å². The molecule has 48 heavy (non-hydrogen) atoms. The van der Waals surface area contributed by atoms with Crippen LogP contribution in [0.4, 0.5) is 0 Å². The van der Waals surface area contributed by atoms with E-state index in [1.165, 1.54) is 44.5 Å². The van der Waals surface area contributed by atoms with Crippen molar-refractivity contribution in [2.75, 3.05) is 52.9 Å². The second kappa shape index (κ2) is 15.9. The molecule has 0 spiro atoms. The predicted molar refractivity (Wildman–Crippen MR) is 187 cm³/mol. The Morgan fingerprint density at radius 2 is 0.646 bits per heavy atom. The van der Waals surface area contributed by atoms with E-state index in [4.69, 9.17) is 28.4 Å². The lowest BCUT2D eigenvalue weighted by atomic mass is 9.92. The van der Waals surface area contributed by atoms with Gasteiger partial charge in [0.15, 0.2) is 11.5 Å². The molecule has 2 aliphatic heterocycles. The lowest BCUT2D eigenvalue weighted by Gasteiger charge is -2.19. The first-order valence-corrected chi connectivity index (χ1v) is 16.9. The number of para-hydroxylation sites is 4. The molecular weight excluding hydrogens is 600 g/mol. The summed E-state index contributed by atoms with van der Waals surface area (Å²) in [5, 5.41) is 0. The zero-order valence-electron chi connectivity index (χ0n) is 27.3. The van der Waals surface area contributed by atoms with Gasteiger partial charge in [-0.2, -0.15) is 0 Å². The zero-order chi connectivity index (χ0) is 32.4. The summed E-state index contributed by atoms with van der Waals surface area (Å²) >= 11 is 0. The van der Waals surface area contributed by atoms with Crippen molar-refractivity contribution >= 4 is 0 Å². The summed E-state index contributed by atoms with van der Waals surface area (Å²) < 4.78 is 37.0. The van der Waals surface area contributed by atoms with Crippen LogP contribution in [0.25, 0.3) is 0 Å². The Balaban J connectivity index is 1.23. The van der Waals surface area contributed by atoms with Gasteiger partial charge in [-0.25, -0.2) is 0 Å². The largest absolute Gasteiger partial charge is 0.491 e. The summed E-state index contributed by atoms with van der Waals surface area (Å²) in [6, 6.07) is 38.5. The van der Waals surface area contributed by atoms with Crippen LogP contribution in [0.15, 0.2) is 109 Å². The van der Waals surface area contributed by atoms with Crippen molar-refractivity contribution in [3.8, 4) is 23.0 Å². The molecule has 0 N–H and O–H groups in total. The number of ether oxygens (including phenoxy) is 6. The first kappa shape index (κ1) is 31.8. The van der Waals surface area contributed by atoms with Crippen LogP contribution in [0, 0.1) is 0 Å². The quantitative estimate of drug-likeness (QED) is 0.159. The number of benzene rings is 5. The Morgan fingerprint density at radius 1 is 0.312 bits per heavy atom. The molecule has 0 saturated carbocycles. The molecular formula is C42H42O6. The van der Waals surface area contributed by atoms with Gasteiger partial charge in [0, 0.05) is 25.7 Å². The van der Waals surface area contributed by atoms with Crippen LogP contribution in [0.1, 0.15) is 44.5 Å². The second-order valence-corrected chi connectivity index (χ2v) is 12.2. The van der Waals surface area contributed by atoms with Crippen LogP contribution in [0.3, 0.4) is 0 Å². The van der Waals surface area contributed by atoms with Crippen LogP contribution in [0.2, 0.25) is 0 Å². The average molecular weight is 643 g/mol. The molecule has 10 bridgehead atoms. The summed E-state index contributed by atoms with van der Waals surface area (Å²) in [6.07, 6.45) is 3.09. The summed E-state index contributed by atoms with van der Waals surface area (Å²) in [5.41, 5.74) is 9.67. The predicted octanol–water partition coefficient (Wildman–Crippen LogP) is 7.63. The smallest absolute Gasteiger partial charge is 0.161 e. The van der Waals surface area contributed by atoms with E-state index in [0.29, 0.717) is 64.4 Å². The maximum atomic E-state index is 6.55. The van der Waals surface area contributed by atoms with Crippen molar-refractivity contribution in [3.63, 3.8) is 0 Å². The lowest BCUT2D eigenvalue weighted by Crippen LogP contribution is -2.14. The number of hydrogen-bond acceptors (Lipinski definition) is 6. The van der Waals surface area contributed by atoms with Crippen molar-refractivity contribution in [1.29, 1.82) is 0 Å². The number of hydrogen-bond donors (Lipinski definition) is 0. The first-order valence-electron chi connectivity index (χ1n) is 16.9. The molecule has 6 nitrogen and oxygen atoms in total. The Morgan fingerprint density at radius 3 is 1.02 bits per heavy atom. The Kier molecular flexibility index (Phi) is 10.5. The van der Waals surface area contributed by atoms with Gasteiger partial charge >= 0.3 is 0 Å². The van der Waals surface area contributed by atoms with Crippen LogP contribution in [-0.2, 0) is 35.2 Å². The third-order valence-corrected chi connectivity index (χ3v) is 8.69. The minimum Gasteiger partial charge on any atom is -0.491 e. The van der Waals surface area contributed by atoms with E-state index >= 15 is 0 Å². The van der Waals surface area contributed by atoms with E-state index in [2.05, 4.69) is 84.9 Å². The van der Waals surface area contributed by atoms with Gasteiger partial charge in [0.2, 0.25) is 0 Å². The molecule has 0 unspecified atom stereocenters. The molecule has 8 rings (SSSR count). The van der Waals surface area contributed by atoms with Gasteiger partial charge in [-0.3, -0.25) is 0 Å². The van der Waals surface area contributed by atoms with E-state index in [0.717, 1.165) is 37.2 Å². The van der Waals surface area contributed by atoms with Gasteiger partial charge in [0.05, 0.1) is 26.4 Å². The van der Waals surface area contributed by atoms with Gasteiger partial charge in [-0.05, 0) is 56.6 Å². The summed E-state index contributed by atoms with van der Waals surface area (Å²) in [6.45, 7) is 3.51. The molecule has 6 heteroatoms. The van der Waals surface area contributed by atoms with Crippen molar-refractivity contribution in [1.82, 2.24) is 0 Å². The highest BCUT2D eigenvalue weighted by molar-refractivity contribution is 5.50. The Labute approximate surface area is 283 Å². The first-order chi connectivity index (χ1) is 23.8. The lowest BCUT2D eigenvalue weighted by molar-refractivity contribution is 0.0695. The number of fused-ring (bicyclic) bond motifs is 12. The molecule has 0 radical (unpaired) electrons. The molecule has 0 saturated heterocycles. The highest BCUT2D eigenvalue weighted by Gasteiger charge is 2.16. The Hall–Kier alpha value is -4.78. The van der Waals surface area contributed by atoms with E-state index in [-0.39, 0.29) is 0 Å². The standard InChI is InChI=1S/C42H42O6/c1-2-16-40-39(15-1)45-21-17-43-19-23-47-41-35-11-5-12-36(41)28-32-8-4-10-34(26-32)30-38-14-6-13-37(29-33-9-3-7-31(25-33)27-35)42(38)48-24-20-44-18-22-46-40/h1-16,25-26H,17-24,27-30H2. The van der Waals surface area contributed by atoms with Gasteiger partial charge < -0.3 is 28.4 Å². The SMILES string of the molecule is c1cc2cc(c1)Cc1cccc3c1OCCOCCOc1ccccc1OCCOCCOc1c(cccc1Cc1cccc(c1)C3)C2. The maximum absolute atomic E-state index is 6.55. The van der Waals surface area contributed by atoms with Crippen molar-refractivity contribution in [2.24, 2.45) is 0 Å². The molecule has 0 aromatic heterocycles. The molecule has 3 aliphatic rings. The third-order valence-electron chi connectivity index (χ3n) is 8.69. The van der Waals surface area contributed by atoms with Crippen LogP contribution >= 0.6 is 0 Å². The van der Waals surface area contributed by atoms with Crippen molar-refractivity contribution in [2.45, 2.75) is 25.7 Å². The van der Waals surface area contributed by atoms with Gasteiger partial charge in [-0.1, -0.05) is 97.1 Å². The molecule has 1 aliphatic carbocycles. The molecule has 0 fully saturated rings. The molecule has 0 amide bonds. The van der Waals surface area contributed by atoms with Crippen molar-refractivity contribution in [3.05, 3.63) is 154 Å². The van der Waals surface area contributed by atoms with E-state index in [9.17, 15) is 0 Å². The fourth-order valence-corrected chi connectivity index (χ4v) is 6.50. The fraction of sp³-hybridized carbons (Fsp3) is 0.286. The molecule has 5 aromatic carbocycles. The minimum absolute atomic E-state index is 0.409. The molecule has 5 aromatic rings. The van der Waals surface area contributed by atoms with E-state index in [1.807, 2.05) is 24.3 Å². The highest BCUT2D eigenvalue weighted by atomic mass is 16.6. The van der Waals surface area contributed by atoms with Crippen LogP contribution in [-0.4, -0.2) is 52.9 Å². The summed E-state index contributed by atoms with van der Waals surface area (Å²) in [5.74, 6) is 3.26. The number of rotatable bonds is 0. The normalized spacial score (nSPS) is 15.8. The average Bonchev–Trinajstić information content (AvgIpc) is 3.09. The van der Waals surface area contributed by atoms with Gasteiger partial charge in [0.25, 0.3) is 0 Å². The topological polar surface area (TPSA) is 55.4 Å². The maximum Gasteiger partial charge on any atom is 0.161 e. The van der Waals surface area contributed by atoms with Crippen LogP contribution in [0.5, 0.6) is 23.0 Å². The highest BCUT2D eigenvalue weighted by Crippen LogP contribution is 2.33. The molecule has 246 valence electrons. The third kappa shape index (κ3) is 8.19. The minimum atomic E-state index is 0.409. The molecule has 2 heterocycles. The Bertz CT molecular complexity index is 1600. The van der Waals surface area contributed by atoms with Crippen molar-refractivity contribution < 1.29 is 28.4 Å². The molecule has 0 atom stereocenters.